The molecule has 40 heavy (non-hydrogen) atoms. The van der Waals surface area contributed by atoms with Crippen LogP contribution in [0, 0.1) is 11.7 Å². The van der Waals surface area contributed by atoms with E-state index in [4.69, 9.17) is 11.6 Å². The van der Waals surface area contributed by atoms with Crippen molar-refractivity contribution in [3.63, 3.8) is 0 Å². The molecular formula is C31H26ClFN4O3. The highest BCUT2D eigenvalue weighted by atomic mass is 35.5. The van der Waals surface area contributed by atoms with Gasteiger partial charge < -0.3 is 20.1 Å². The van der Waals surface area contributed by atoms with Gasteiger partial charge in [0.15, 0.2) is 0 Å². The van der Waals surface area contributed by atoms with E-state index in [2.05, 4.69) is 15.5 Å². The van der Waals surface area contributed by atoms with Gasteiger partial charge in [-0.15, -0.1) is 0 Å². The third-order valence-electron chi connectivity index (χ3n) is 7.54. The van der Waals surface area contributed by atoms with E-state index < -0.39 is 11.7 Å². The van der Waals surface area contributed by atoms with Crippen LogP contribution in [0.2, 0.25) is 5.02 Å². The van der Waals surface area contributed by atoms with Crippen molar-refractivity contribution in [1.82, 2.24) is 4.57 Å². The van der Waals surface area contributed by atoms with E-state index in [9.17, 15) is 18.8 Å². The van der Waals surface area contributed by atoms with Crippen molar-refractivity contribution in [2.45, 2.75) is 18.9 Å². The highest BCUT2D eigenvalue weighted by Gasteiger charge is 2.35. The molecule has 202 valence electrons. The number of carbonyl (C=O) groups excluding carboxylic acids is 2. The minimum absolute atomic E-state index is 0.0175. The highest BCUT2D eigenvalue weighted by Crippen LogP contribution is 2.39. The Bertz CT molecular complexity index is 1650. The van der Waals surface area contributed by atoms with Crippen LogP contribution in [0.15, 0.2) is 89.7 Å². The molecule has 2 aliphatic rings. The van der Waals surface area contributed by atoms with Gasteiger partial charge in [-0.1, -0.05) is 17.7 Å². The van der Waals surface area contributed by atoms with Crippen LogP contribution in [0.25, 0.3) is 0 Å². The zero-order valence-electron chi connectivity index (χ0n) is 21.4. The summed E-state index contributed by atoms with van der Waals surface area (Å²) < 4.78 is 15.3. The fraction of sp³-hybridized carbons (Fsp3) is 0.194. The Kier molecular flexibility index (Phi) is 6.86. The average Bonchev–Trinajstić information content (AvgIpc) is 2.95. The molecule has 0 saturated carbocycles. The molecule has 0 aliphatic carbocycles. The first-order valence-corrected chi connectivity index (χ1v) is 13.4. The fourth-order valence-corrected chi connectivity index (χ4v) is 5.80. The van der Waals surface area contributed by atoms with Gasteiger partial charge in [-0.3, -0.25) is 14.4 Å². The van der Waals surface area contributed by atoms with Crippen molar-refractivity contribution in [3.05, 3.63) is 123 Å². The van der Waals surface area contributed by atoms with Crippen LogP contribution in [0.5, 0.6) is 0 Å². The number of hydrogen-bond donors (Lipinski definition) is 2. The molecule has 1 fully saturated rings. The molecule has 4 aromatic rings. The second-order valence-electron chi connectivity index (χ2n) is 10.3. The van der Waals surface area contributed by atoms with Crippen LogP contribution in [0.3, 0.4) is 0 Å². The standard InChI is InChI=1S/C31H26ClFN4O3/c32-23-7-11-25(12-8-23)34-31(40)21-6-13-28(26(15-21)35-30(39)20-4-9-24(33)10-5-20)36-16-19-14-22(18-36)27-2-1-3-29(38)37(27)17-19/h1-13,15,19,22H,14,16-18H2,(H,34,40)(H,35,39). The Morgan fingerprint density at radius 3 is 2.33 bits per heavy atom. The lowest BCUT2D eigenvalue weighted by Crippen LogP contribution is -2.47. The van der Waals surface area contributed by atoms with E-state index in [-0.39, 0.29) is 23.3 Å². The SMILES string of the molecule is O=C(Nc1ccc(Cl)cc1)c1ccc(N2CC3CC(C2)c2cccc(=O)n2C3)c(NC(=O)c2ccc(F)cc2)c1. The second-order valence-corrected chi connectivity index (χ2v) is 10.7. The molecule has 3 aromatic carbocycles. The zero-order valence-corrected chi connectivity index (χ0v) is 22.2. The number of piperidine rings is 1. The van der Waals surface area contributed by atoms with Gasteiger partial charge in [0.05, 0.1) is 11.4 Å². The zero-order chi connectivity index (χ0) is 27.8. The maximum Gasteiger partial charge on any atom is 0.255 e. The third-order valence-corrected chi connectivity index (χ3v) is 7.79. The monoisotopic (exact) mass is 556 g/mol. The molecule has 2 N–H and O–H groups in total. The van der Waals surface area contributed by atoms with Gasteiger partial charge in [0, 0.05) is 59.1 Å². The average molecular weight is 557 g/mol. The number of nitrogens with zero attached hydrogens (tertiary/aromatic N) is 2. The van der Waals surface area contributed by atoms with Crippen LogP contribution in [0.1, 0.15) is 38.7 Å². The van der Waals surface area contributed by atoms with Gasteiger partial charge in [0.25, 0.3) is 17.4 Å². The topological polar surface area (TPSA) is 83.4 Å². The molecule has 2 amide bonds. The van der Waals surface area contributed by atoms with Gasteiger partial charge in [-0.2, -0.15) is 0 Å². The van der Waals surface area contributed by atoms with E-state index in [1.165, 1.54) is 24.3 Å². The lowest BCUT2D eigenvalue weighted by atomic mass is 9.83. The first-order valence-electron chi connectivity index (χ1n) is 13.1. The van der Waals surface area contributed by atoms with E-state index >= 15 is 0 Å². The van der Waals surface area contributed by atoms with Crippen molar-refractivity contribution in [2.75, 3.05) is 28.6 Å². The molecule has 0 spiro atoms. The van der Waals surface area contributed by atoms with E-state index in [0.717, 1.165) is 17.8 Å². The summed E-state index contributed by atoms with van der Waals surface area (Å²) >= 11 is 5.96. The summed E-state index contributed by atoms with van der Waals surface area (Å²) in [6.45, 7) is 2.00. The lowest BCUT2D eigenvalue weighted by Gasteiger charge is -2.44. The number of amides is 2. The fourth-order valence-electron chi connectivity index (χ4n) is 5.68. The van der Waals surface area contributed by atoms with Crippen LogP contribution >= 0.6 is 11.6 Å². The summed E-state index contributed by atoms with van der Waals surface area (Å²) in [5.41, 5.74) is 3.54. The lowest BCUT2D eigenvalue weighted by molar-refractivity contribution is 0.101. The number of fused-ring (bicyclic) bond motifs is 4. The molecule has 1 aromatic heterocycles. The van der Waals surface area contributed by atoms with Crippen molar-refractivity contribution < 1.29 is 14.0 Å². The summed E-state index contributed by atoms with van der Waals surface area (Å²) in [7, 11) is 0. The van der Waals surface area contributed by atoms with E-state index in [1.54, 1.807) is 48.5 Å². The smallest absolute Gasteiger partial charge is 0.255 e. The Morgan fingerprint density at radius 1 is 0.825 bits per heavy atom. The second kappa shape index (κ2) is 10.6. The predicted octanol–water partition coefficient (Wildman–Crippen LogP) is 5.77. The molecule has 9 heteroatoms. The maximum atomic E-state index is 13.5. The molecule has 0 radical (unpaired) electrons. The van der Waals surface area contributed by atoms with E-state index in [1.807, 2.05) is 16.7 Å². The predicted molar refractivity (Wildman–Crippen MR) is 154 cm³/mol. The number of carbonyl (C=O) groups is 2. The van der Waals surface area contributed by atoms with Gasteiger partial charge in [-0.25, -0.2) is 4.39 Å². The molecule has 2 unspecified atom stereocenters. The highest BCUT2D eigenvalue weighted by molar-refractivity contribution is 6.30. The van der Waals surface area contributed by atoms with E-state index in [0.29, 0.717) is 47.2 Å². The number of benzene rings is 3. The Morgan fingerprint density at radius 2 is 1.55 bits per heavy atom. The van der Waals surface area contributed by atoms with Crippen molar-refractivity contribution in [2.24, 2.45) is 5.92 Å². The molecule has 1 saturated heterocycles. The maximum absolute atomic E-state index is 13.5. The molecule has 2 aliphatic heterocycles. The number of rotatable bonds is 5. The van der Waals surface area contributed by atoms with Crippen LogP contribution in [-0.2, 0) is 6.54 Å². The number of hydrogen-bond acceptors (Lipinski definition) is 4. The first-order chi connectivity index (χ1) is 19.3. The van der Waals surface area contributed by atoms with Crippen molar-refractivity contribution in [3.8, 4) is 0 Å². The van der Waals surface area contributed by atoms with Crippen LogP contribution < -0.4 is 21.1 Å². The minimum atomic E-state index is -0.433. The van der Waals surface area contributed by atoms with Gasteiger partial charge >= 0.3 is 0 Å². The molecule has 6 rings (SSSR count). The molecule has 2 atom stereocenters. The summed E-state index contributed by atoms with van der Waals surface area (Å²) in [5.74, 6) is -0.757. The molecule has 3 heterocycles. The number of pyridine rings is 1. The number of aromatic nitrogens is 1. The van der Waals surface area contributed by atoms with Gasteiger partial charge in [0.1, 0.15) is 5.82 Å². The molecular weight excluding hydrogens is 531 g/mol. The summed E-state index contributed by atoms with van der Waals surface area (Å²) in [5, 5.41) is 6.36. The van der Waals surface area contributed by atoms with Crippen molar-refractivity contribution >= 4 is 40.5 Å². The molecule has 7 nitrogen and oxygen atoms in total. The normalized spacial score (nSPS) is 17.6. The quantitative estimate of drug-likeness (QED) is 0.327. The number of anilines is 3. The number of nitrogens with one attached hydrogen (secondary N) is 2. The Hall–Kier alpha value is -4.43. The largest absolute Gasteiger partial charge is 0.369 e. The van der Waals surface area contributed by atoms with Crippen molar-refractivity contribution in [1.29, 1.82) is 0 Å². The number of halogens is 2. The molecule has 2 bridgehead atoms. The van der Waals surface area contributed by atoms with Crippen LogP contribution in [-0.4, -0.2) is 29.5 Å². The summed E-state index contributed by atoms with van der Waals surface area (Å²) in [6, 6.07) is 22.7. The Labute approximate surface area is 235 Å². The van der Waals surface area contributed by atoms with Gasteiger partial charge in [-0.05, 0) is 85.1 Å². The van der Waals surface area contributed by atoms with Crippen LogP contribution in [0.4, 0.5) is 21.5 Å². The first kappa shape index (κ1) is 25.8. The third kappa shape index (κ3) is 5.22. The summed E-state index contributed by atoms with van der Waals surface area (Å²) in [4.78, 5) is 40.9. The Balaban J connectivity index is 1.32. The summed E-state index contributed by atoms with van der Waals surface area (Å²) in [6.07, 6.45) is 0.985. The minimum Gasteiger partial charge on any atom is -0.369 e. The van der Waals surface area contributed by atoms with Gasteiger partial charge in [0.2, 0.25) is 0 Å².